The first-order valence-electron chi connectivity index (χ1n) is 10.5. The summed E-state index contributed by atoms with van der Waals surface area (Å²) >= 11 is 0. The average Bonchev–Trinajstić information content (AvgIpc) is 2.57. The van der Waals surface area contributed by atoms with Gasteiger partial charge in [-0.15, -0.1) is 0 Å². The maximum Gasteiger partial charge on any atom is 0.226 e. The van der Waals surface area contributed by atoms with Crippen LogP contribution in [0, 0.1) is 5.41 Å². The lowest BCUT2D eigenvalue weighted by atomic mass is 10.0. The minimum absolute atomic E-state index is 0.199. The molecule has 6 nitrogen and oxygen atoms in total. The van der Waals surface area contributed by atoms with Gasteiger partial charge in [-0.05, 0) is 6.42 Å². The Morgan fingerprint density at radius 2 is 1.15 bits per heavy atom. The van der Waals surface area contributed by atoms with Crippen molar-refractivity contribution in [2.45, 2.75) is 110 Å². The van der Waals surface area contributed by atoms with Crippen LogP contribution < -0.4 is 16.8 Å². The van der Waals surface area contributed by atoms with Crippen LogP contribution in [-0.4, -0.2) is 17.8 Å². The van der Waals surface area contributed by atoms with E-state index in [9.17, 15) is 4.79 Å². The molecular weight excluding hydrogens is 326 g/mol. The van der Waals surface area contributed by atoms with Crippen molar-refractivity contribution in [2.75, 3.05) is 0 Å². The molecule has 1 amide bonds. The molecule has 0 radical (unpaired) electrons. The Bertz CT molecular complexity index is 392. The van der Waals surface area contributed by atoms with Gasteiger partial charge in [0.2, 0.25) is 11.9 Å². The molecule has 0 heterocycles. The van der Waals surface area contributed by atoms with Crippen LogP contribution in [0.1, 0.15) is 110 Å². The number of unbranched alkanes of at least 4 members (excludes halogenated alkanes) is 14. The van der Waals surface area contributed by atoms with E-state index in [1.165, 1.54) is 83.5 Å². The van der Waals surface area contributed by atoms with E-state index in [4.69, 9.17) is 16.9 Å². The maximum atomic E-state index is 11.6. The predicted molar refractivity (Wildman–Crippen MR) is 111 cm³/mol. The summed E-state index contributed by atoms with van der Waals surface area (Å²) in [6.07, 6.45) is 19.9. The van der Waals surface area contributed by atoms with Gasteiger partial charge in [-0.3, -0.25) is 15.5 Å². The number of hydrogen-bond acceptors (Lipinski definition) is 2. The lowest BCUT2D eigenvalue weighted by Gasteiger charge is -2.04. The van der Waals surface area contributed by atoms with E-state index < -0.39 is 0 Å². The van der Waals surface area contributed by atoms with Gasteiger partial charge in [0, 0.05) is 6.42 Å². The summed E-state index contributed by atoms with van der Waals surface area (Å²) in [7, 11) is 0. The molecule has 152 valence electrons. The SMILES string of the molecule is CCCCCCCCCCCCCCCCCC(=O)NC(=N)N=C(N)N. The highest BCUT2D eigenvalue weighted by atomic mass is 16.1. The first kappa shape index (κ1) is 24.4. The van der Waals surface area contributed by atoms with Crippen LogP contribution in [0.4, 0.5) is 0 Å². The van der Waals surface area contributed by atoms with E-state index >= 15 is 0 Å². The van der Waals surface area contributed by atoms with Gasteiger partial charge < -0.3 is 11.5 Å². The van der Waals surface area contributed by atoms with Crippen LogP contribution in [0.2, 0.25) is 0 Å². The fourth-order valence-electron chi connectivity index (χ4n) is 3.01. The highest BCUT2D eigenvalue weighted by Gasteiger charge is 2.03. The topological polar surface area (TPSA) is 117 Å². The van der Waals surface area contributed by atoms with Crippen LogP contribution in [0.25, 0.3) is 0 Å². The number of aliphatic imine (C=N–C) groups is 1. The Hall–Kier alpha value is -1.59. The van der Waals surface area contributed by atoms with E-state index in [1.807, 2.05) is 0 Å². The number of guanidine groups is 2. The molecule has 6 heteroatoms. The molecule has 0 aliphatic heterocycles. The molecule has 0 aromatic carbocycles. The van der Waals surface area contributed by atoms with Crippen molar-refractivity contribution < 1.29 is 4.79 Å². The number of nitrogens with zero attached hydrogens (tertiary/aromatic N) is 1. The molecule has 0 aromatic heterocycles. The van der Waals surface area contributed by atoms with Gasteiger partial charge in [0.05, 0.1) is 0 Å². The molecule has 0 rings (SSSR count). The molecular formula is C20H41N5O. The van der Waals surface area contributed by atoms with Crippen LogP contribution in [0.3, 0.4) is 0 Å². The second-order valence-corrected chi connectivity index (χ2v) is 7.13. The molecule has 0 atom stereocenters. The van der Waals surface area contributed by atoms with Gasteiger partial charge in [-0.1, -0.05) is 96.8 Å². The van der Waals surface area contributed by atoms with Crippen molar-refractivity contribution in [2.24, 2.45) is 16.5 Å². The van der Waals surface area contributed by atoms with E-state index in [0.717, 1.165) is 12.8 Å². The van der Waals surface area contributed by atoms with Gasteiger partial charge >= 0.3 is 0 Å². The van der Waals surface area contributed by atoms with Crippen molar-refractivity contribution in [3.8, 4) is 0 Å². The Kier molecular flexibility index (Phi) is 17.1. The number of carbonyl (C=O) groups is 1. The third-order valence-electron chi connectivity index (χ3n) is 4.51. The normalized spacial score (nSPS) is 10.5. The van der Waals surface area contributed by atoms with Gasteiger partial charge in [-0.25, -0.2) is 0 Å². The second kappa shape index (κ2) is 18.2. The average molecular weight is 368 g/mol. The molecule has 0 unspecified atom stereocenters. The van der Waals surface area contributed by atoms with E-state index in [0.29, 0.717) is 6.42 Å². The van der Waals surface area contributed by atoms with Crippen LogP contribution in [0.15, 0.2) is 4.99 Å². The fourth-order valence-corrected chi connectivity index (χ4v) is 3.01. The number of rotatable bonds is 16. The zero-order chi connectivity index (χ0) is 19.5. The standard InChI is InChI=1S/C20H41N5O/c1-2-3-4-5-6-7-8-9-10-11-12-13-14-15-16-17-18(26)24-20(23)25-19(21)22/h2-17H2,1H3,(H6,21,22,23,24,25,26). The molecule has 0 fully saturated rings. The molecule has 0 aromatic rings. The number of hydrogen-bond donors (Lipinski definition) is 4. The maximum absolute atomic E-state index is 11.6. The summed E-state index contributed by atoms with van der Waals surface area (Å²) in [6, 6.07) is 0. The van der Waals surface area contributed by atoms with Crippen LogP contribution in [-0.2, 0) is 4.79 Å². The highest BCUT2D eigenvalue weighted by Crippen LogP contribution is 2.13. The lowest BCUT2D eigenvalue weighted by Crippen LogP contribution is -2.32. The summed E-state index contributed by atoms with van der Waals surface area (Å²) in [4.78, 5) is 15.0. The largest absolute Gasteiger partial charge is 0.370 e. The number of carbonyl (C=O) groups excluding carboxylic acids is 1. The minimum atomic E-state index is -0.295. The van der Waals surface area contributed by atoms with Crippen molar-refractivity contribution in [3.63, 3.8) is 0 Å². The third-order valence-corrected chi connectivity index (χ3v) is 4.51. The monoisotopic (exact) mass is 367 g/mol. The molecule has 0 aliphatic rings. The first-order chi connectivity index (χ1) is 12.6. The molecule has 26 heavy (non-hydrogen) atoms. The quantitative estimate of drug-likeness (QED) is 0.182. The number of nitrogens with one attached hydrogen (secondary N) is 2. The third kappa shape index (κ3) is 18.7. The predicted octanol–water partition coefficient (Wildman–Crippen LogP) is 4.57. The number of nitrogens with two attached hydrogens (primary N) is 2. The summed E-state index contributed by atoms with van der Waals surface area (Å²) in [5.74, 6) is -0.715. The lowest BCUT2D eigenvalue weighted by molar-refractivity contribution is -0.119. The highest BCUT2D eigenvalue weighted by molar-refractivity contribution is 6.00. The molecule has 0 saturated carbocycles. The van der Waals surface area contributed by atoms with Crippen molar-refractivity contribution in [1.29, 1.82) is 5.41 Å². The molecule has 0 bridgehead atoms. The fraction of sp³-hybridized carbons (Fsp3) is 0.850. The summed E-state index contributed by atoms with van der Waals surface area (Å²) in [5.41, 5.74) is 10.3. The molecule has 0 spiro atoms. The van der Waals surface area contributed by atoms with Crippen LogP contribution in [0.5, 0.6) is 0 Å². The van der Waals surface area contributed by atoms with Gasteiger partial charge in [0.15, 0.2) is 5.96 Å². The number of amides is 1. The molecule has 0 saturated heterocycles. The summed E-state index contributed by atoms with van der Waals surface area (Å²) in [6.45, 7) is 2.26. The summed E-state index contributed by atoms with van der Waals surface area (Å²) < 4.78 is 0. The summed E-state index contributed by atoms with van der Waals surface area (Å²) in [5, 5.41) is 9.72. The molecule has 6 N–H and O–H groups in total. The Morgan fingerprint density at radius 1 is 0.769 bits per heavy atom. The van der Waals surface area contributed by atoms with Gasteiger partial charge in [0.25, 0.3) is 0 Å². The Morgan fingerprint density at radius 3 is 1.54 bits per heavy atom. The van der Waals surface area contributed by atoms with Crippen molar-refractivity contribution in [3.05, 3.63) is 0 Å². The Labute approximate surface area is 160 Å². The smallest absolute Gasteiger partial charge is 0.226 e. The molecule has 0 aliphatic carbocycles. The van der Waals surface area contributed by atoms with Crippen LogP contribution >= 0.6 is 0 Å². The first-order valence-corrected chi connectivity index (χ1v) is 10.5. The van der Waals surface area contributed by atoms with E-state index in [2.05, 4.69) is 17.2 Å². The van der Waals surface area contributed by atoms with Crippen molar-refractivity contribution >= 4 is 17.8 Å². The van der Waals surface area contributed by atoms with Gasteiger partial charge in [0.1, 0.15) is 0 Å². The van der Waals surface area contributed by atoms with E-state index in [1.54, 1.807) is 0 Å². The zero-order valence-electron chi connectivity index (χ0n) is 16.8. The zero-order valence-corrected chi connectivity index (χ0v) is 16.8. The van der Waals surface area contributed by atoms with Crippen molar-refractivity contribution in [1.82, 2.24) is 5.32 Å². The Balaban J connectivity index is 3.25. The van der Waals surface area contributed by atoms with E-state index in [-0.39, 0.29) is 17.8 Å². The second-order valence-electron chi connectivity index (χ2n) is 7.13. The van der Waals surface area contributed by atoms with Gasteiger partial charge in [-0.2, -0.15) is 4.99 Å². The minimum Gasteiger partial charge on any atom is -0.370 e.